The summed E-state index contributed by atoms with van der Waals surface area (Å²) in [4.78, 5) is 69.8. The summed E-state index contributed by atoms with van der Waals surface area (Å²) in [5, 5.41) is 18.5. The normalized spacial score (nSPS) is 13.5. The van der Waals surface area contributed by atoms with Crippen LogP contribution in [-0.2, 0) is 32.0 Å². The summed E-state index contributed by atoms with van der Waals surface area (Å²) in [5.41, 5.74) is 30.1. The van der Waals surface area contributed by atoms with E-state index in [9.17, 15) is 24.3 Å². The van der Waals surface area contributed by atoms with Gasteiger partial charge in [-0.1, -0.05) is 18.2 Å². The smallest absolute Gasteiger partial charge is 0.326 e. The molecule has 18 nitrogen and oxygen atoms in total. The van der Waals surface area contributed by atoms with Gasteiger partial charge in [-0.25, -0.2) is 9.78 Å². The lowest BCUT2D eigenvalue weighted by atomic mass is 10.0. The molecule has 0 aliphatic heterocycles. The fraction of sp³-hybridized carbons (Fsp3) is 0.414. The van der Waals surface area contributed by atoms with Crippen LogP contribution in [0.1, 0.15) is 36.9 Å². The Morgan fingerprint density at radius 2 is 1.38 bits per heavy atom. The van der Waals surface area contributed by atoms with Crippen molar-refractivity contribution in [2.45, 2.75) is 62.7 Å². The third-order valence-corrected chi connectivity index (χ3v) is 7.20. The molecule has 0 aliphatic carbocycles. The number of nitrogens with two attached hydrogens (primary N) is 5. The summed E-state index contributed by atoms with van der Waals surface area (Å²) in [6.07, 6.45) is 5.46. The van der Waals surface area contributed by atoms with E-state index in [1.807, 2.05) is 24.3 Å². The lowest BCUT2D eigenvalue weighted by Gasteiger charge is -2.25. The number of carbonyl (C=O) groups is 4. The second-order valence-electron chi connectivity index (χ2n) is 10.9. The number of aliphatic carboxylic acids is 1. The predicted octanol–water partition coefficient (Wildman–Crippen LogP) is -2.35. The Balaban J connectivity index is 1.75. The third-order valence-electron chi connectivity index (χ3n) is 7.20. The third kappa shape index (κ3) is 11.7. The number of rotatable bonds is 19. The number of carboxylic acids is 1. The molecule has 0 fully saturated rings. The van der Waals surface area contributed by atoms with Crippen LogP contribution in [0.15, 0.2) is 53.0 Å². The Hall–Kier alpha value is -5.65. The number of guanidine groups is 2. The van der Waals surface area contributed by atoms with Gasteiger partial charge in [0.05, 0.1) is 12.4 Å². The average molecular weight is 654 g/mol. The topological polar surface area (TPSA) is 324 Å². The Bertz CT molecular complexity index is 1540. The van der Waals surface area contributed by atoms with Crippen LogP contribution < -0.4 is 44.6 Å². The highest BCUT2D eigenvalue weighted by Gasteiger charge is 2.30. The van der Waals surface area contributed by atoms with E-state index >= 15 is 0 Å². The summed E-state index contributed by atoms with van der Waals surface area (Å²) in [5.74, 6) is -3.59. The van der Waals surface area contributed by atoms with E-state index in [0.717, 1.165) is 16.5 Å². The van der Waals surface area contributed by atoms with Crippen molar-refractivity contribution in [2.24, 2.45) is 38.7 Å². The molecule has 4 atom stereocenters. The van der Waals surface area contributed by atoms with Crippen molar-refractivity contribution in [3.63, 3.8) is 0 Å². The number of amides is 3. The first-order valence-corrected chi connectivity index (χ1v) is 15.0. The van der Waals surface area contributed by atoms with Crippen LogP contribution in [0.25, 0.3) is 10.9 Å². The summed E-state index contributed by atoms with van der Waals surface area (Å²) < 4.78 is 0. The maximum atomic E-state index is 13.6. The molecule has 3 amide bonds. The highest BCUT2D eigenvalue weighted by atomic mass is 16.4. The molecule has 47 heavy (non-hydrogen) atoms. The van der Waals surface area contributed by atoms with Gasteiger partial charge in [0.25, 0.3) is 0 Å². The van der Waals surface area contributed by atoms with Gasteiger partial charge in [-0.3, -0.25) is 24.4 Å². The maximum absolute atomic E-state index is 13.6. The molecule has 2 heterocycles. The molecule has 3 aromatic rings. The number of hydrogen-bond acceptors (Lipinski definition) is 8. The van der Waals surface area contributed by atoms with E-state index in [1.54, 1.807) is 6.20 Å². The van der Waals surface area contributed by atoms with Crippen molar-refractivity contribution >= 4 is 46.5 Å². The number of aliphatic imine (C=N–C) groups is 2. The molecule has 0 bridgehead atoms. The molecule has 0 saturated carbocycles. The number of aromatic nitrogens is 3. The van der Waals surface area contributed by atoms with Gasteiger partial charge in [0.1, 0.15) is 18.1 Å². The number of carboxylic acid groups (broad SMARTS) is 1. The molecule has 0 aliphatic rings. The SMILES string of the molecule is NC(N)=NCCCC(NC(=O)C(N)Cc1c[nH]c2ccccc12)C(=O)NC(CCCN=C(N)N)C(=O)NC(Cc1cnc[nH]1)C(=O)O. The van der Waals surface area contributed by atoms with Crippen LogP contribution in [0, 0.1) is 0 Å². The lowest BCUT2D eigenvalue weighted by molar-refractivity contribution is -0.142. The Labute approximate surface area is 270 Å². The first-order valence-electron chi connectivity index (χ1n) is 15.0. The fourth-order valence-electron chi connectivity index (χ4n) is 4.81. The van der Waals surface area contributed by atoms with E-state index in [-0.39, 0.29) is 57.1 Å². The first-order chi connectivity index (χ1) is 22.4. The molecule has 2 aromatic heterocycles. The highest BCUT2D eigenvalue weighted by molar-refractivity contribution is 5.94. The average Bonchev–Trinajstić information content (AvgIpc) is 3.69. The summed E-state index contributed by atoms with van der Waals surface area (Å²) in [7, 11) is 0. The molecule has 1 aromatic carbocycles. The number of H-pyrrole nitrogens is 2. The number of carbonyl (C=O) groups excluding carboxylic acids is 3. The molecule has 16 N–H and O–H groups in total. The fourth-order valence-corrected chi connectivity index (χ4v) is 4.81. The molecule has 0 radical (unpaired) electrons. The molecule has 0 saturated heterocycles. The number of aromatic amines is 2. The maximum Gasteiger partial charge on any atom is 0.326 e. The second-order valence-corrected chi connectivity index (χ2v) is 10.9. The van der Waals surface area contributed by atoms with Crippen LogP contribution in [0.3, 0.4) is 0 Å². The van der Waals surface area contributed by atoms with E-state index in [2.05, 4.69) is 40.9 Å². The highest BCUT2D eigenvalue weighted by Crippen LogP contribution is 2.19. The number of nitrogens with one attached hydrogen (secondary N) is 5. The second kappa shape index (κ2) is 17.7. The van der Waals surface area contributed by atoms with Crippen molar-refractivity contribution in [1.82, 2.24) is 30.9 Å². The van der Waals surface area contributed by atoms with E-state index < -0.39 is 47.9 Å². The number of fused-ring (bicyclic) bond motifs is 1. The van der Waals surface area contributed by atoms with Gasteiger partial charge in [0.2, 0.25) is 17.7 Å². The van der Waals surface area contributed by atoms with Crippen LogP contribution in [0.2, 0.25) is 0 Å². The minimum absolute atomic E-state index is 0.0551. The molecular formula is C29H43N13O5. The summed E-state index contributed by atoms with van der Waals surface area (Å²) >= 11 is 0. The van der Waals surface area contributed by atoms with Gasteiger partial charge in [-0.15, -0.1) is 0 Å². The molecule has 18 heteroatoms. The molecular weight excluding hydrogens is 610 g/mol. The molecule has 3 rings (SSSR count). The predicted molar refractivity (Wildman–Crippen MR) is 176 cm³/mol. The first kappa shape index (κ1) is 35.8. The van der Waals surface area contributed by atoms with E-state index in [0.29, 0.717) is 12.1 Å². The van der Waals surface area contributed by atoms with Crippen molar-refractivity contribution < 1.29 is 24.3 Å². The zero-order chi connectivity index (χ0) is 34.3. The van der Waals surface area contributed by atoms with Crippen LogP contribution in [-0.4, -0.2) is 92.9 Å². The molecule has 4 unspecified atom stereocenters. The Morgan fingerprint density at radius 3 is 1.94 bits per heavy atom. The number of hydrogen-bond donors (Lipinski definition) is 11. The van der Waals surface area contributed by atoms with Gasteiger partial charge >= 0.3 is 5.97 Å². The minimum Gasteiger partial charge on any atom is -0.480 e. The van der Waals surface area contributed by atoms with E-state index in [1.165, 1.54) is 12.5 Å². The largest absolute Gasteiger partial charge is 0.480 e. The Kier molecular flexibility index (Phi) is 13.5. The van der Waals surface area contributed by atoms with Crippen molar-refractivity contribution in [3.8, 4) is 0 Å². The number of para-hydroxylation sites is 1. The van der Waals surface area contributed by atoms with E-state index in [4.69, 9.17) is 28.7 Å². The molecule has 0 spiro atoms. The number of benzene rings is 1. The monoisotopic (exact) mass is 653 g/mol. The van der Waals surface area contributed by atoms with Gasteiger partial charge < -0.3 is 59.7 Å². The zero-order valence-electron chi connectivity index (χ0n) is 25.8. The minimum atomic E-state index is -1.32. The standard InChI is InChI=1S/C29H43N13O5/c30-19(11-16-13-38-20-6-2-1-5-18(16)20)24(43)40-21(7-3-9-36-28(31)32)25(44)41-22(8-4-10-37-29(33)34)26(45)42-23(27(46)47)12-17-14-35-15-39-17/h1-2,5-6,13-15,19,21-23,38H,3-4,7-12,30H2,(H,35,39)(H,40,43)(H,41,44)(H,42,45)(H,46,47)(H4,31,32,36)(H4,33,34,37). The van der Waals surface area contributed by atoms with Gasteiger partial charge in [-0.05, 0) is 43.7 Å². The zero-order valence-corrected chi connectivity index (χ0v) is 25.8. The van der Waals surface area contributed by atoms with Gasteiger partial charge in [-0.2, -0.15) is 0 Å². The van der Waals surface area contributed by atoms with Crippen molar-refractivity contribution in [1.29, 1.82) is 0 Å². The van der Waals surface area contributed by atoms with Crippen molar-refractivity contribution in [3.05, 3.63) is 54.2 Å². The van der Waals surface area contributed by atoms with Crippen LogP contribution in [0.4, 0.5) is 0 Å². The quantitative estimate of drug-likeness (QED) is 0.0369. The lowest BCUT2D eigenvalue weighted by Crippen LogP contribution is -2.57. The number of imidazole rings is 1. The molecule has 254 valence electrons. The van der Waals surface area contributed by atoms with Gasteiger partial charge in [0, 0.05) is 48.5 Å². The van der Waals surface area contributed by atoms with Gasteiger partial charge in [0.15, 0.2) is 11.9 Å². The van der Waals surface area contributed by atoms with Crippen molar-refractivity contribution in [2.75, 3.05) is 13.1 Å². The number of nitrogens with zero attached hydrogens (tertiary/aromatic N) is 3. The van der Waals surface area contributed by atoms with Crippen LogP contribution in [0.5, 0.6) is 0 Å². The van der Waals surface area contributed by atoms with Crippen LogP contribution >= 0.6 is 0 Å². The Morgan fingerprint density at radius 1 is 0.809 bits per heavy atom. The summed E-state index contributed by atoms with van der Waals surface area (Å²) in [6, 6.07) is 2.93. The summed E-state index contributed by atoms with van der Waals surface area (Å²) in [6.45, 7) is 0.333.